The Bertz CT molecular complexity index is 337. The average Bonchev–Trinajstić information content (AvgIpc) is 2.92. The van der Waals surface area contributed by atoms with Crippen LogP contribution >= 0.6 is 0 Å². The minimum absolute atomic E-state index is 0.353. The molecule has 0 bridgehead atoms. The lowest BCUT2D eigenvalue weighted by atomic mass is 9.82. The molecule has 0 aromatic heterocycles. The zero-order valence-electron chi connectivity index (χ0n) is 9.76. The van der Waals surface area contributed by atoms with Crippen molar-refractivity contribution in [2.75, 3.05) is 0 Å². The van der Waals surface area contributed by atoms with Crippen LogP contribution in [0.15, 0.2) is 0 Å². The molecule has 3 unspecified atom stereocenters. The predicted octanol–water partition coefficient (Wildman–Crippen LogP) is 1.07. The van der Waals surface area contributed by atoms with Crippen molar-refractivity contribution >= 4 is 11.9 Å². The standard InChI is InChI=1S/C12H19NO4/c13-12(11(16)17,6-7-3-1-2-4-7)9-5-8(9)10(14)15/h7-9H,1-6,13H2,(H,14,15)(H,16,17). The van der Waals surface area contributed by atoms with Gasteiger partial charge >= 0.3 is 11.9 Å². The first kappa shape index (κ1) is 12.4. The van der Waals surface area contributed by atoms with E-state index in [0.717, 1.165) is 25.7 Å². The second-order valence-electron chi connectivity index (χ2n) is 5.49. The highest BCUT2D eigenvalue weighted by Gasteiger charge is 2.58. The number of aliphatic carboxylic acids is 2. The third kappa shape index (κ3) is 2.29. The molecular weight excluding hydrogens is 222 g/mol. The summed E-state index contributed by atoms with van der Waals surface area (Å²) in [6.07, 6.45) is 5.15. The van der Waals surface area contributed by atoms with Gasteiger partial charge in [-0.2, -0.15) is 0 Å². The Balaban J connectivity index is 2.05. The van der Waals surface area contributed by atoms with E-state index in [9.17, 15) is 14.7 Å². The Hall–Kier alpha value is -1.10. The summed E-state index contributed by atoms with van der Waals surface area (Å²) < 4.78 is 0. The normalized spacial score (nSPS) is 32.1. The highest BCUT2D eigenvalue weighted by atomic mass is 16.4. The van der Waals surface area contributed by atoms with Crippen LogP contribution in [0.25, 0.3) is 0 Å². The van der Waals surface area contributed by atoms with Gasteiger partial charge in [0.05, 0.1) is 5.92 Å². The number of hydrogen-bond donors (Lipinski definition) is 3. The van der Waals surface area contributed by atoms with E-state index in [2.05, 4.69) is 0 Å². The zero-order valence-corrected chi connectivity index (χ0v) is 9.76. The Morgan fingerprint density at radius 3 is 2.24 bits per heavy atom. The van der Waals surface area contributed by atoms with Crippen molar-refractivity contribution < 1.29 is 19.8 Å². The third-order valence-electron chi connectivity index (χ3n) is 4.27. The van der Waals surface area contributed by atoms with Crippen molar-refractivity contribution in [2.24, 2.45) is 23.5 Å². The maximum absolute atomic E-state index is 11.3. The van der Waals surface area contributed by atoms with Gasteiger partial charge in [-0.1, -0.05) is 25.7 Å². The molecule has 3 atom stereocenters. The Morgan fingerprint density at radius 1 is 1.24 bits per heavy atom. The van der Waals surface area contributed by atoms with E-state index in [1.54, 1.807) is 0 Å². The molecule has 0 spiro atoms. The highest BCUT2D eigenvalue weighted by molar-refractivity contribution is 5.83. The Labute approximate surface area is 100.0 Å². The van der Waals surface area contributed by atoms with E-state index in [1.165, 1.54) is 0 Å². The fraction of sp³-hybridized carbons (Fsp3) is 0.833. The smallest absolute Gasteiger partial charge is 0.324 e. The van der Waals surface area contributed by atoms with Crippen LogP contribution in [0.4, 0.5) is 0 Å². The number of carboxylic acid groups (broad SMARTS) is 2. The largest absolute Gasteiger partial charge is 0.481 e. The minimum Gasteiger partial charge on any atom is -0.481 e. The Kier molecular flexibility index (Phi) is 3.12. The molecular formula is C12H19NO4. The van der Waals surface area contributed by atoms with Crippen LogP contribution in [0, 0.1) is 17.8 Å². The molecule has 0 amide bonds. The van der Waals surface area contributed by atoms with E-state index in [1.807, 2.05) is 0 Å². The van der Waals surface area contributed by atoms with Crippen molar-refractivity contribution in [1.29, 1.82) is 0 Å². The molecule has 0 saturated heterocycles. The summed E-state index contributed by atoms with van der Waals surface area (Å²) in [5.74, 6) is -2.56. The monoisotopic (exact) mass is 241 g/mol. The fourth-order valence-electron chi connectivity index (χ4n) is 3.13. The van der Waals surface area contributed by atoms with Crippen LogP contribution in [-0.4, -0.2) is 27.7 Å². The summed E-state index contributed by atoms with van der Waals surface area (Å²) in [4.78, 5) is 22.2. The van der Waals surface area contributed by atoms with Crippen LogP contribution < -0.4 is 5.73 Å². The van der Waals surface area contributed by atoms with Gasteiger partial charge in [-0.25, -0.2) is 0 Å². The summed E-state index contributed by atoms with van der Waals surface area (Å²) in [5.41, 5.74) is 4.66. The van der Waals surface area contributed by atoms with Gasteiger partial charge in [0.25, 0.3) is 0 Å². The van der Waals surface area contributed by atoms with Crippen LogP contribution in [0.3, 0.4) is 0 Å². The SMILES string of the molecule is NC(CC1CCCC1)(C(=O)O)C1CC1C(=O)O. The predicted molar refractivity (Wildman–Crippen MR) is 60.4 cm³/mol. The third-order valence-corrected chi connectivity index (χ3v) is 4.27. The molecule has 0 heterocycles. The van der Waals surface area contributed by atoms with Gasteiger partial charge < -0.3 is 15.9 Å². The van der Waals surface area contributed by atoms with E-state index in [0.29, 0.717) is 18.8 Å². The van der Waals surface area contributed by atoms with Gasteiger partial charge in [-0.15, -0.1) is 0 Å². The number of carboxylic acids is 2. The van der Waals surface area contributed by atoms with Gasteiger partial charge in [0.1, 0.15) is 5.54 Å². The molecule has 0 aliphatic heterocycles. The molecule has 2 saturated carbocycles. The first-order valence-corrected chi connectivity index (χ1v) is 6.20. The molecule has 96 valence electrons. The summed E-state index contributed by atoms with van der Waals surface area (Å²) in [6.45, 7) is 0. The molecule has 2 aliphatic rings. The highest BCUT2D eigenvalue weighted by Crippen LogP contribution is 2.49. The van der Waals surface area contributed by atoms with E-state index in [-0.39, 0.29) is 0 Å². The summed E-state index contributed by atoms with van der Waals surface area (Å²) in [6, 6.07) is 0. The van der Waals surface area contributed by atoms with Crippen molar-refractivity contribution in [3.8, 4) is 0 Å². The number of rotatable bonds is 5. The summed E-state index contributed by atoms with van der Waals surface area (Å²) >= 11 is 0. The second kappa shape index (κ2) is 4.29. The second-order valence-corrected chi connectivity index (χ2v) is 5.49. The van der Waals surface area contributed by atoms with E-state index < -0.39 is 29.3 Å². The quantitative estimate of drug-likeness (QED) is 0.668. The topological polar surface area (TPSA) is 101 Å². The minimum atomic E-state index is -1.34. The zero-order chi connectivity index (χ0) is 12.6. The number of hydrogen-bond acceptors (Lipinski definition) is 3. The van der Waals surface area contributed by atoms with Crippen LogP contribution in [-0.2, 0) is 9.59 Å². The lowest BCUT2D eigenvalue weighted by molar-refractivity contribution is -0.146. The van der Waals surface area contributed by atoms with Gasteiger partial charge in [0.2, 0.25) is 0 Å². The lowest BCUT2D eigenvalue weighted by Crippen LogP contribution is -2.52. The summed E-state index contributed by atoms with van der Waals surface area (Å²) in [7, 11) is 0. The molecule has 2 aliphatic carbocycles. The van der Waals surface area contributed by atoms with Crippen molar-refractivity contribution in [3.63, 3.8) is 0 Å². The molecule has 17 heavy (non-hydrogen) atoms. The molecule has 2 fully saturated rings. The van der Waals surface area contributed by atoms with E-state index >= 15 is 0 Å². The van der Waals surface area contributed by atoms with Crippen molar-refractivity contribution in [3.05, 3.63) is 0 Å². The van der Waals surface area contributed by atoms with Crippen LogP contribution in [0.5, 0.6) is 0 Å². The molecule has 4 N–H and O–H groups in total. The maximum atomic E-state index is 11.3. The Morgan fingerprint density at radius 2 is 1.82 bits per heavy atom. The first-order valence-electron chi connectivity index (χ1n) is 6.20. The number of nitrogens with two attached hydrogens (primary N) is 1. The van der Waals surface area contributed by atoms with Gasteiger partial charge in [-0.3, -0.25) is 9.59 Å². The molecule has 5 nitrogen and oxygen atoms in total. The molecule has 0 radical (unpaired) electrons. The molecule has 2 rings (SSSR count). The first-order chi connectivity index (χ1) is 7.95. The van der Waals surface area contributed by atoms with Gasteiger partial charge in [-0.05, 0) is 18.8 Å². The summed E-state index contributed by atoms with van der Waals surface area (Å²) in [5, 5.41) is 18.2. The maximum Gasteiger partial charge on any atom is 0.324 e. The van der Waals surface area contributed by atoms with Crippen LogP contribution in [0.1, 0.15) is 38.5 Å². The van der Waals surface area contributed by atoms with Crippen molar-refractivity contribution in [2.45, 2.75) is 44.1 Å². The lowest BCUT2D eigenvalue weighted by Gasteiger charge is -2.28. The van der Waals surface area contributed by atoms with Gasteiger partial charge in [0.15, 0.2) is 0 Å². The van der Waals surface area contributed by atoms with E-state index in [4.69, 9.17) is 10.8 Å². The van der Waals surface area contributed by atoms with Gasteiger partial charge in [0, 0.05) is 5.92 Å². The fourth-order valence-corrected chi connectivity index (χ4v) is 3.13. The number of carbonyl (C=O) groups is 2. The molecule has 5 heteroatoms. The van der Waals surface area contributed by atoms with Crippen molar-refractivity contribution in [1.82, 2.24) is 0 Å². The molecule has 0 aromatic rings. The average molecular weight is 241 g/mol. The molecule has 0 aromatic carbocycles. The van der Waals surface area contributed by atoms with Crippen LogP contribution in [0.2, 0.25) is 0 Å².